The van der Waals surface area contributed by atoms with Crippen LogP contribution >= 0.6 is 34.3 Å². The molecule has 0 radical (unpaired) electrons. The topological polar surface area (TPSA) is 116 Å². The third kappa shape index (κ3) is 4.18. The highest BCUT2D eigenvalue weighted by molar-refractivity contribution is 7.20. The number of carbonyl (C=O) groups excluding carboxylic acids is 3. The minimum absolute atomic E-state index is 0.203. The van der Waals surface area contributed by atoms with E-state index in [0.29, 0.717) is 20.6 Å². The quantitative estimate of drug-likeness (QED) is 0.409. The summed E-state index contributed by atoms with van der Waals surface area (Å²) in [6.45, 7) is 1.33. The van der Waals surface area contributed by atoms with Crippen LogP contribution in [-0.2, 0) is 9.53 Å². The lowest BCUT2D eigenvalue weighted by Gasteiger charge is -2.06. The molecule has 0 saturated heterocycles. The van der Waals surface area contributed by atoms with Crippen molar-refractivity contribution in [3.63, 3.8) is 0 Å². The Labute approximate surface area is 189 Å². The first-order valence-corrected chi connectivity index (χ1v) is 11.0. The zero-order chi connectivity index (χ0) is 22.1. The number of esters is 1. The number of fused-ring (bicyclic) bond motifs is 1. The number of nitrogens with two attached hydrogens (primary N) is 1. The zero-order valence-corrected chi connectivity index (χ0v) is 18.4. The Kier molecular flexibility index (Phi) is 5.77. The Morgan fingerprint density at radius 3 is 2.77 bits per heavy atom. The summed E-state index contributed by atoms with van der Waals surface area (Å²) in [5, 5.41) is 10.3. The van der Waals surface area contributed by atoms with Crippen LogP contribution in [0.3, 0.4) is 0 Å². The van der Waals surface area contributed by atoms with Crippen molar-refractivity contribution in [2.24, 2.45) is 5.73 Å². The fourth-order valence-corrected chi connectivity index (χ4v) is 4.99. The highest BCUT2D eigenvalue weighted by Gasteiger charge is 2.20. The van der Waals surface area contributed by atoms with Gasteiger partial charge < -0.3 is 15.8 Å². The number of primary amides is 1. The third-order valence-electron chi connectivity index (χ3n) is 4.34. The number of ether oxygens (including phenoxy) is 1. The van der Waals surface area contributed by atoms with E-state index < -0.39 is 24.4 Å². The summed E-state index contributed by atoms with van der Waals surface area (Å²) in [5.74, 6) is -1.86. The number of hydrogen-bond donors (Lipinski definition) is 2. The summed E-state index contributed by atoms with van der Waals surface area (Å²) in [6.07, 6.45) is 0. The minimum Gasteiger partial charge on any atom is -0.451 e. The number of para-hydroxylation sites is 1. The van der Waals surface area contributed by atoms with Crippen LogP contribution in [0.25, 0.3) is 15.9 Å². The van der Waals surface area contributed by atoms with Gasteiger partial charge in [-0.1, -0.05) is 23.7 Å². The van der Waals surface area contributed by atoms with Crippen molar-refractivity contribution in [1.29, 1.82) is 0 Å². The molecule has 0 aliphatic carbocycles. The summed E-state index contributed by atoms with van der Waals surface area (Å²) in [4.78, 5) is 37.0. The van der Waals surface area contributed by atoms with Gasteiger partial charge in [-0.25, -0.2) is 9.48 Å². The lowest BCUT2D eigenvalue weighted by atomic mass is 10.3. The lowest BCUT2D eigenvalue weighted by Crippen LogP contribution is -2.22. The maximum atomic E-state index is 12.5. The number of aromatic nitrogens is 2. The minimum atomic E-state index is -0.651. The van der Waals surface area contributed by atoms with Crippen molar-refractivity contribution in [1.82, 2.24) is 9.78 Å². The maximum Gasteiger partial charge on any atom is 0.348 e. The standard InChI is InChI=1S/C20H15ClN4O4S2/c1-10-12-8-15(31-19(12)25(24-10)14-5-3-2-4-13(14)21)20(28)29-9-16(26)23-18-11(17(22)27)6-7-30-18/h2-8H,9H2,1H3,(H2,22,27)(H,23,26). The van der Waals surface area contributed by atoms with Crippen LogP contribution in [-0.4, -0.2) is 34.2 Å². The van der Waals surface area contributed by atoms with Gasteiger partial charge in [0.15, 0.2) is 6.61 Å². The Balaban J connectivity index is 1.49. The van der Waals surface area contributed by atoms with Gasteiger partial charge in [-0.2, -0.15) is 5.10 Å². The van der Waals surface area contributed by atoms with E-state index in [1.165, 1.54) is 17.4 Å². The number of thiophene rings is 2. The number of benzene rings is 1. The molecular formula is C20H15ClN4O4S2. The van der Waals surface area contributed by atoms with Gasteiger partial charge in [0.1, 0.15) is 14.7 Å². The van der Waals surface area contributed by atoms with E-state index in [1.54, 1.807) is 22.2 Å². The summed E-state index contributed by atoms with van der Waals surface area (Å²) < 4.78 is 6.82. The first-order chi connectivity index (χ1) is 14.8. The van der Waals surface area contributed by atoms with Crippen molar-refractivity contribution >= 4 is 67.3 Å². The molecule has 1 aromatic carbocycles. The molecule has 4 aromatic rings. The Morgan fingerprint density at radius 2 is 2.03 bits per heavy atom. The van der Waals surface area contributed by atoms with Gasteiger partial charge in [-0.15, -0.1) is 22.7 Å². The number of rotatable bonds is 6. The average molecular weight is 475 g/mol. The molecule has 3 N–H and O–H groups in total. The zero-order valence-electron chi connectivity index (χ0n) is 16.0. The van der Waals surface area contributed by atoms with E-state index in [1.807, 2.05) is 25.1 Å². The summed E-state index contributed by atoms with van der Waals surface area (Å²) >= 11 is 8.64. The lowest BCUT2D eigenvalue weighted by molar-refractivity contribution is -0.119. The molecule has 0 unspecified atom stereocenters. The Hall–Kier alpha value is -3.21. The van der Waals surface area contributed by atoms with Gasteiger partial charge in [-0.05, 0) is 36.6 Å². The molecule has 158 valence electrons. The van der Waals surface area contributed by atoms with Crippen LogP contribution < -0.4 is 11.1 Å². The Bertz CT molecular complexity index is 1320. The number of nitrogens with one attached hydrogen (secondary N) is 1. The second-order valence-corrected chi connectivity index (χ2v) is 8.78. The van der Waals surface area contributed by atoms with E-state index in [9.17, 15) is 14.4 Å². The van der Waals surface area contributed by atoms with Crippen LogP contribution in [0.4, 0.5) is 5.00 Å². The van der Waals surface area contributed by atoms with Gasteiger partial charge in [0, 0.05) is 5.39 Å². The third-order valence-corrected chi connectivity index (χ3v) is 6.58. The van der Waals surface area contributed by atoms with Crippen LogP contribution in [0.5, 0.6) is 0 Å². The molecule has 0 fully saturated rings. The van der Waals surface area contributed by atoms with E-state index in [2.05, 4.69) is 10.4 Å². The molecule has 11 heteroatoms. The van der Waals surface area contributed by atoms with Gasteiger partial charge in [-0.3, -0.25) is 9.59 Å². The highest BCUT2D eigenvalue weighted by Crippen LogP contribution is 2.32. The van der Waals surface area contributed by atoms with E-state index >= 15 is 0 Å². The molecule has 0 spiro atoms. The molecule has 2 amide bonds. The van der Waals surface area contributed by atoms with Crippen LogP contribution in [0.1, 0.15) is 25.7 Å². The Morgan fingerprint density at radius 1 is 1.26 bits per heavy atom. The fourth-order valence-electron chi connectivity index (χ4n) is 2.90. The van der Waals surface area contributed by atoms with Crippen molar-refractivity contribution in [3.8, 4) is 5.69 Å². The number of halogens is 1. The van der Waals surface area contributed by atoms with Crippen LogP contribution in [0.15, 0.2) is 41.8 Å². The first-order valence-electron chi connectivity index (χ1n) is 8.93. The van der Waals surface area contributed by atoms with E-state index in [4.69, 9.17) is 22.1 Å². The van der Waals surface area contributed by atoms with E-state index in [-0.39, 0.29) is 5.56 Å². The molecule has 3 aromatic heterocycles. The van der Waals surface area contributed by atoms with Gasteiger partial charge in [0.05, 0.1) is 22.0 Å². The fraction of sp³-hybridized carbons (Fsp3) is 0.100. The number of nitrogens with zero attached hydrogens (tertiary/aromatic N) is 2. The normalized spacial score (nSPS) is 10.9. The van der Waals surface area contributed by atoms with Gasteiger partial charge >= 0.3 is 5.97 Å². The summed E-state index contributed by atoms with van der Waals surface area (Å²) in [6, 6.07) is 10.5. The highest BCUT2D eigenvalue weighted by atomic mass is 35.5. The molecule has 0 saturated carbocycles. The molecule has 0 aliphatic heterocycles. The van der Waals surface area contributed by atoms with Crippen LogP contribution in [0.2, 0.25) is 5.02 Å². The smallest absolute Gasteiger partial charge is 0.348 e. The molecule has 0 aliphatic rings. The molecule has 0 bridgehead atoms. The van der Waals surface area contributed by atoms with Crippen molar-refractivity contribution in [3.05, 3.63) is 62.9 Å². The molecule has 4 rings (SSSR count). The monoisotopic (exact) mass is 474 g/mol. The van der Waals surface area contributed by atoms with Crippen LogP contribution in [0, 0.1) is 6.92 Å². The number of carbonyl (C=O) groups is 3. The van der Waals surface area contributed by atoms with Gasteiger partial charge in [0.2, 0.25) is 0 Å². The summed E-state index contributed by atoms with van der Waals surface area (Å²) in [5.41, 5.74) is 6.89. The number of hydrogen-bond acceptors (Lipinski definition) is 7. The van der Waals surface area contributed by atoms with Gasteiger partial charge in [0.25, 0.3) is 11.8 Å². The average Bonchev–Trinajstić information content (AvgIpc) is 3.43. The van der Waals surface area contributed by atoms with Crippen molar-refractivity contribution < 1.29 is 19.1 Å². The largest absolute Gasteiger partial charge is 0.451 e. The molecule has 3 heterocycles. The van der Waals surface area contributed by atoms with Crippen molar-refractivity contribution in [2.45, 2.75) is 6.92 Å². The second-order valence-electron chi connectivity index (χ2n) is 6.43. The maximum absolute atomic E-state index is 12.5. The number of anilines is 1. The molecule has 31 heavy (non-hydrogen) atoms. The SMILES string of the molecule is Cc1nn(-c2ccccc2Cl)c2sc(C(=O)OCC(=O)Nc3sccc3C(N)=O)cc12. The number of amides is 2. The predicted molar refractivity (Wildman–Crippen MR) is 120 cm³/mol. The first kappa shape index (κ1) is 21.0. The summed E-state index contributed by atoms with van der Waals surface area (Å²) in [7, 11) is 0. The van der Waals surface area contributed by atoms with E-state index in [0.717, 1.165) is 27.2 Å². The molecule has 0 atom stereocenters. The predicted octanol–water partition coefficient (Wildman–Crippen LogP) is 4.00. The molecular weight excluding hydrogens is 460 g/mol. The molecule has 8 nitrogen and oxygen atoms in total. The van der Waals surface area contributed by atoms with Crippen molar-refractivity contribution in [2.75, 3.05) is 11.9 Å². The number of aryl methyl sites for hydroxylation is 1. The second kappa shape index (κ2) is 8.50.